The van der Waals surface area contributed by atoms with Crippen LogP contribution < -0.4 is 0 Å². The summed E-state index contributed by atoms with van der Waals surface area (Å²) in [5.41, 5.74) is 4.55. The molecule has 3 heteroatoms. The molecule has 0 aliphatic heterocycles. The van der Waals surface area contributed by atoms with Crippen molar-refractivity contribution in [3.63, 3.8) is 0 Å². The second-order valence-corrected chi connectivity index (χ2v) is 4.57. The Hall–Kier alpha value is -1.90. The van der Waals surface area contributed by atoms with Crippen molar-refractivity contribution in [2.75, 3.05) is 0 Å². The van der Waals surface area contributed by atoms with Crippen LogP contribution in [0, 0.1) is 13.8 Å². The first kappa shape index (κ1) is 12.6. The fraction of sp³-hybridized carbons (Fsp3) is 0.333. The van der Waals surface area contributed by atoms with Crippen LogP contribution in [0.4, 0.5) is 0 Å². The second-order valence-electron chi connectivity index (χ2n) is 4.57. The van der Waals surface area contributed by atoms with Gasteiger partial charge in [0.1, 0.15) is 5.69 Å². The summed E-state index contributed by atoms with van der Waals surface area (Å²) >= 11 is 0. The Bertz CT molecular complexity index is 597. The van der Waals surface area contributed by atoms with Gasteiger partial charge in [-0.15, -0.1) is 0 Å². The molecule has 1 heterocycles. The number of benzene rings is 1. The van der Waals surface area contributed by atoms with E-state index in [9.17, 15) is 4.79 Å². The lowest BCUT2D eigenvalue weighted by atomic mass is 9.98. The first-order chi connectivity index (χ1) is 8.54. The molecule has 2 rings (SSSR count). The van der Waals surface area contributed by atoms with Crippen LogP contribution in [0.5, 0.6) is 0 Å². The predicted octanol–water partition coefficient (Wildman–Crippen LogP) is 2.83. The summed E-state index contributed by atoms with van der Waals surface area (Å²) in [4.78, 5) is 12.5. The maximum Gasteiger partial charge on any atom is 0.211 e. The summed E-state index contributed by atoms with van der Waals surface area (Å²) in [6, 6.07) is 7.70. The summed E-state index contributed by atoms with van der Waals surface area (Å²) in [6.07, 6.45) is 0.841. The molecule has 3 nitrogen and oxygen atoms in total. The van der Waals surface area contributed by atoms with E-state index in [4.69, 9.17) is 0 Å². The second kappa shape index (κ2) is 4.77. The Balaban J connectivity index is 2.48. The topological polar surface area (TPSA) is 34.9 Å². The van der Waals surface area contributed by atoms with Crippen LogP contribution in [0.15, 0.2) is 24.3 Å². The SMILES string of the molecule is CCc1cc(C(=O)c2cccc(C)c2C)n(C)n1. The third kappa shape index (κ3) is 2.08. The zero-order valence-electron chi connectivity index (χ0n) is 11.3. The molecule has 0 unspecified atom stereocenters. The first-order valence-electron chi connectivity index (χ1n) is 6.18. The predicted molar refractivity (Wildman–Crippen MR) is 71.9 cm³/mol. The molecule has 94 valence electrons. The lowest BCUT2D eigenvalue weighted by Crippen LogP contribution is -2.10. The molecule has 0 N–H and O–H groups in total. The van der Waals surface area contributed by atoms with E-state index in [0.29, 0.717) is 5.69 Å². The highest BCUT2D eigenvalue weighted by Gasteiger charge is 2.17. The van der Waals surface area contributed by atoms with Gasteiger partial charge in [-0.25, -0.2) is 0 Å². The molecule has 0 radical (unpaired) electrons. The quantitative estimate of drug-likeness (QED) is 0.776. The maximum atomic E-state index is 12.5. The fourth-order valence-corrected chi connectivity index (χ4v) is 2.05. The molecule has 0 bridgehead atoms. The van der Waals surface area contributed by atoms with Gasteiger partial charge >= 0.3 is 0 Å². The van der Waals surface area contributed by atoms with Gasteiger partial charge < -0.3 is 0 Å². The van der Waals surface area contributed by atoms with Crippen LogP contribution in [0.25, 0.3) is 0 Å². The minimum Gasteiger partial charge on any atom is -0.287 e. The number of carbonyl (C=O) groups excluding carboxylic acids is 1. The molecule has 0 spiro atoms. The summed E-state index contributed by atoms with van der Waals surface area (Å²) in [5.74, 6) is 0.0471. The monoisotopic (exact) mass is 242 g/mol. The van der Waals surface area contributed by atoms with Crippen LogP contribution in [-0.4, -0.2) is 15.6 Å². The van der Waals surface area contributed by atoms with E-state index < -0.39 is 0 Å². The number of hydrogen-bond donors (Lipinski definition) is 0. The smallest absolute Gasteiger partial charge is 0.211 e. The minimum absolute atomic E-state index is 0.0471. The summed E-state index contributed by atoms with van der Waals surface area (Å²) < 4.78 is 1.67. The Labute approximate surface area is 107 Å². The molecular formula is C15H18N2O. The number of nitrogens with zero attached hydrogens (tertiary/aromatic N) is 2. The molecule has 0 saturated carbocycles. The number of carbonyl (C=O) groups is 1. The van der Waals surface area contributed by atoms with Crippen molar-refractivity contribution in [1.82, 2.24) is 9.78 Å². The Morgan fingerprint density at radius 2 is 2.06 bits per heavy atom. The van der Waals surface area contributed by atoms with Crippen LogP contribution in [0.2, 0.25) is 0 Å². The van der Waals surface area contributed by atoms with Gasteiger partial charge in [0.25, 0.3) is 0 Å². The molecule has 18 heavy (non-hydrogen) atoms. The number of aryl methyl sites for hydroxylation is 3. The molecule has 1 aromatic carbocycles. The third-order valence-corrected chi connectivity index (χ3v) is 3.37. The highest BCUT2D eigenvalue weighted by molar-refractivity contribution is 6.09. The summed E-state index contributed by atoms with van der Waals surface area (Å²) in [5, 5.41) is 4.32. The molecule has 0 atom stereocenters. The molecule has 2 aromatic rings. The van der Waals surface area contributed by atoms with Crippen molar-refractivity contribution in [3.05, 3.63) is 52.3 Å². The van der Waals surface area contributed by atoms with Gasteiger partial charge in [0.2, 0.25) is 5.78 Å². The number of ketones is 1. The Morgan fingerprint density at radius 1 is 1.33 bits per heavy atom. The number of aromatic nitrogens is 2. The molecule has 0 aliphatic rings. The Kier molecular flexibility index (Phi) is 3.32. The average Bonchev–Trinajstić information content (AvgIpc) is 2.73. The highest BCUT2D eigenvalue weighted by atomic mass is 16.1. The van der Waals surface area contributed by atoms with E-state index in [1.54, 1.807) is 4.68 Å². The van der Waals surface area contributed by atoms with Crippen molar-refractivity contribution < 1.29 is 4.79 Å². The van der Waals surface area contributed by atoms with Crippen molar-refractivity contribution >= 4 is 5.78 Å². The maximum absolute atomic E-state index is 12.5. The van der Waals surface area contributed by atoms with E-state index in [1.807, 2.05) is 52.1 Å². The fourth-order valence-electron chi connectivity index (χ4n) is 2.05. The van der Waals surface area contributed by atoms with Gasteiger partial charge in [0, 0.05) is 12.6 Å². The van der Waals surface area contributed by atoms with E-state index in [1.165, 1.54) is 0 Å². The molecule has 0 saturated heterocycles. The van der Waals surface area contributed by atoms with Crippen molar-refractivity contribution in [1.29, 1.82) is 0 Å². The largest absolute Gasteiger partial charge is 0.287 e. The van der Waals surface area contributed by atoms with Gasteiger partial charge in [0.15, 0.2) is 0 Å². The van der Waals surface area contributed by atoms with Crippen molar-refractivity contribution in [2.24, 2.45) is 7.05 Å². The van der Waals surface area contributed by atoms with Gasteiger partial charge in [-0.3, -0.25) is 9.48 Å². The number of hydrogen-bond acceptors (Lipinski definition) is 2. The molecular weight excluding hydrogens is 224 g/mol. The molecule has 0 fully saturated rings. The minimum atomic E-state index is 0.0471. The van der Waals surface area contributed by atoms with Crippen LogP contribution in [0.1, 0.15) is 39.8 Å². The van der Waals surface area contributed by atoms with Crippen LogP contribution in [-0.2, 0) is 13.5 Å². The first-order valence-corrected chi connectivity index (χ1v) is 6.18. The lowest BCUT2D eigenvalue weighted by molar-refractivity contribution is 0.102. The zero-order chi connectivity index (χ0) is 13.3. The van der Waals surface area contributed by atoms with E-state index >= 15 is 0 Å². The molecule has 0 aliphatic carbocycles. The third-order valence-electron chi connectivity index (χ3n) is 3.37. The standard InChI is InChI=1S/C15H18N2O/c1-5-12-9-14(17(4)16-12)15(18)13-8-6-7-10(2)11(13)3/h6-9H,5H2,1-4H3. The van der Waals surface area contributed by atoms with E-state index in [-0.39, 0.29) is 5.78 Å². The zero-order valence-corrected chi connectivity index (χ0v) is 11.3. The summed E-state index contributed by atoms with van der Waals surface area (Å²) in [6.45, 7) is 6.04. The van der Waals surface area contributed by atoms with Gasteiger partial charge in [-0.1, -0.05) is 25.1 Å². The Morgan fingerprint density at radius 3 is 2.67 bits per heavy atom. The van der Waals surface area contributed by atoms with Crippen molar-refractivity contribution in [3.8, 4) is 0 Å². The molecule has 1 aromatic heterocycles. The van der Waals surface area contributed by atoms with Crippen molar-refractivity contribution in [2.45, 2.75) is 27.2 Å². The van der Waals surface area contributed by atoms with Crippen LogP contribution >= 0.6 is 0 Å². The average molecular weight is 242 g/mol. The normalized spacial score (nSPS) is 10.7. The van der Waals surface area contributed by atoms with Crippen LogP contribution in [0.3, 0.4) is 0 Å². The van der Waals surface area contributed by atoms with Gasteiger partial charge in [-0.2, -0.15) is 5.10 Å². The van der Waals surface area contributed by atoms with E-state index in [0.717, 1.165) is 28.8 Å². The van der Waals surface area contributed by atoms with E-state index in [2.05, 4.69) is 5.10 Å². The molecule has 0 amide bonds. The van der Waals surface area contributed by atoms with Gasteiger partial charge in [0.05, 0.1) is 5.69 Å². The van der Waals surface area contributed by atoms with Gasteiger partial charge in [-0.05, 0) is 37.5 Å². The summed E-state index contributed by atoms with van der Waals surface area (Å²) in [7, 11) is 1.82. The highest BCUT2D eigenvalue weighted by Crippen LogP contribution is 2.17. The number of rotatable bonds is 3. The lowest BCUT2D eigenvalue weighted by Gasteiger charge is -2.07.